The largest absolute Gasteiger partial charge is 0.315 e. The summed E-state index contributed by atoms with van der Waals surface area (Å²) >= 11 is 0. The molecule has 1 saturated heterocycles. The standard InChI is InChI=1S/C10H15N5O3/c1-14-9(16)10(4-2-5-12-15(17)18)7-11-6-3-8(10)13-14/h5,11H,2-4,6-7H2,1H3/b12-5+. The molecule has 2 aliphatic heterocycles. The lowest BCUT2D eigenvalue weighted by atomic mass is 9.75. The van der Waals surface area contributed by atoms with Crippen molar-refractivity contribution < 1.29 is 9.83 Å². The van der Waals surface area contributed by atoms with Crippen LogP contribution in [0.2, 0.25) is 0 Å². The van der Waals surface area contributed by atoms with Gasteiger partial charge in [0.25, 0.3) is 5.91 Å². The van der Waals surface area contributed by atoms with Crippen molar-refractivity contribution in [2.24, 2.45) is 15.6 Å². The summed E-state index contributed by atoms with van der Waals surface area (Å²) in [5.41, 5.74) is 0.249. The Morgan fingerprint density at radius 3 is 3.22 bits per heavy atom. The monoisotopic (exact) mass is 253 g/mol. The molecule has 0 aliphatic carbocycles. The molecule has 0 aromatic heterocycles. The Morgan fingerprint density at radius 2 is 2.50 bits per heavy atom. The molecule has 0 bridgehead atoms. The van der Waals surface area contributed by atoms with E-state index in [1.807, 2.05) is 0 Å². The molecular formula is C10H15N5O3. The number of rotatable bonds is 4. The van der Waals surface area contributed by atoms with Crippen LogP contribution in [0.3, 0.4) is 0 Å². The van der Waals surface area contributed by atoms with Crippen molar-refractivity contribution in [3.8, 4) is 0 Å². The fourth-order valence-corrected chi connectivity index (χ4v) is 2.51. The van der Waals surface area contributed by atoms with E-state index >= 15 is 0 Å². The fourth-order valence-electron chi connectivity index (χ4n) is 2.51. The minimum absolute atomic E-state index is 0.0424. The van der Waals surface area contributed by atoms with Crippen molar-refractivity contribution in [3.05, 3.63) is 10.1 Å². The minimum atomic E-state index is -0.742. The van der Waals surface area contributed by atoms with Crippen LogP contribution in [0.4, 0.5) is 0 Å². The van der Waals surface area contributed by atoms with E-state index < -0.39 is 10.4 Å². The number of fused-ring (bicyclic) bond motifs is 1. The first-order chi connectivity index (χ1) is 8.56. The van der Waals surface area contributed by atoms with Crippen LogP contribution in [0.15, 0.2) is 10.2 Å². The van der Waals surface area contributed by atoms with Crippen molar-refractivity contribution in [3.63, 3.8) is 0 Å². The molecule has 18 heavy (non-hydrogen) atoms. The number of nitrogens with zero attached hydrogens (tertiary/aromatic N) is 4. The van der Waals surface area contributed by atoms with Crippen LogP contribution in [0.1, 0.15) is 19.3 Å². The third-order valence-electron chi connectivity index (χ3n) is 3.37. The number of nitro groups is 1. The number of carbonyl (C=O) groups is 1. The first-order valence-electron chi connectivity index (χ1n) is 5.80. The first kappa shape index (κ1) is 12.6. The average Bonchev–Trinajstić information content (AvgIpc) is 2.59. The summed E-state index contributed by atoms with van der Waals surface area (Å²) in [6, 6.07) is 0. The molecule has 0 aromatic rings. The maximum atomic E-state index is 12.2. The fraction of sp³-hybridized carbons (Fsp3) is 0.700. The third kappa shape index (κ3) is 2.10. The summed E-state index contributed by atoms with van der Waals surface area (Å²) in [5, 5.41) is 21.2. The molecule has 1 fully saturated rings. The van der Waals surface area contributed by atoms with Crippen molar-refractivity contribution >= 4 is 17.8 Å². The highest BCUT2D eigenvalue weighted by Gasteiger charge is 2.50. The predicted molar refractivity (Wildman–Crippen MR) is 64.8 cm³/mol. The highest BCUT2D eigenvalue weighted by molar-refractivity contribution is 6.13. The molecule has 1 unspecified atom stereocenters. The van der Waals surface area contributed by atoms with Crippen LogP contribution in [0.5, 0.6) is 0 Å². The van der Waals surface area contributed by atoms with E-state index in [2.05, 4.69) is 15.5 Å². The number of hydrogen-bond acceptors (Lipinski definition) is 5. The lowest BCUT2D eigenvalue weighted by Crippen LogP contribution is -2.51. The van der Waals surface area contributed by atoms with E-state index in [1.165, 1.54) is 11.2 Å². The van der Waals surface area contributed by atoms with E-state index in [4.69, 9.17) is 0 Å². The van der Waals surface area contributed by atoms with Gasteiger partial charge in [-0.1, -0.05) is 0 Å². The lowest BCUT2D eigenvalue weighted by Gasteiger charge is -2.32. The van der Waals surface area contributed by atoms with Gasteiger partial charge in [-0.3, -0.25) is 4.79 Å². The summed E-state index contributed by atoms with van der Waals surface area (Å²) in [6.07, 6.45) is 2.87. The maximum Gasteiger partial charge on any atom is 0.255 e. The Bertz CT molecular complexity index is 433. The van der Waals surface area contributed by atoms with Crippen LogP contribution in [0.25, 0.3) is 0 Å². The van der Waals surface area contributed by atoms with E-state index in [9.17, 15) is 14.9 Å². The van der Waals surface area contributed by atoms with Gasteiger partial charge in [0.1, 0.15) is 5.41 Å². The number of nitrogens with one attached hydrogen (secondary N) is 1. The van der Waals surface area contributed by atoms with Gasteiger partial charge in [-0.15, -0.1) is 0 Å². The third-order valence-corrected chi connectivity index (χ3v) is 3.37. The molecule has 1 N–H and O–H groups in total. The van der Waals surface area contributed by atoms with Crippen molar-refractivity contribution in [2.45, 2.75) is 19.3 Å². The van der Waals surface area contributed by atoms with E-state index in [-0.39, 0.29) is 5.91 Å². The first-order valence-corrected chi connectivity index (χ1v) is 5.80. The van der Waals surface area contributed by atoms with Crippen LogP contribution >= 0.6 is 0 Å². The van der Waals surface area contributed by atoms with Gasteiger partial charge in [0.2, 0.25) is 0 Å². The summed E-state index contributed by atoms with van der Waals surface area (Å²) in [7, 11) is 1.64. The summed E-state index contributed by atoms with van der Waals surface area (Å²) < 4.78 is 0. The molecule has 8 nitrogen and oxygen atoms in total. The van der Waals surface area contributed by atoms with Crippen LogP contribution in [0, 0.1) is 15.5 Å². The van der Waals surface area contributed by atoms with Gasteiger partial charge in [-0.2, -0.15) is 5.10 Å². The number of carbonyl (C=O) groups excluding carboxylic acids is 1. The number of piperidine rings is 1. The molecule has 2 heterocycles. The molecule has 1 amide bonds. The van der Waals surface area contributed by atoms with Gasteiger partial charge in [0.15, 0.2) is 5.03 Å². The minimum Gasteiger partial charge on any atom is -0.315 e. The lowest BCUT2D eigenvalue weighted by molar-refractivity contribution is -0.484. The molecule has 0 radical (unpaired) electrons. The maximum absolute atomic E-state index is 12.2. The highest BCUT2D eigenvalue weighted by atomic mass is 16.7. The molecule has 98 valence electrons. The van der Waals surface area contributed by atoms with Crippen LogP contribution in [-0.4, -0.2) is 48.0 Å². The molecular weight excluding hydrogens is 238 g/mol. The average molecular weight is 253 g/mol. The van der Waals surface area contributed by atoms with Crippen molar-refractivity contribution in [1.82, 2.24) is 10.3 Å². The Morgan fingerprint density at radius 1 is 1.72 bits per heavy atom. The van der Waals surface area contributed by atoms with Gasteiger partial charge in [0, 0.05) is 26.6 Å². The Kier molecular flexibility index (Phi) is 3.37. The van der Waals surface area contributed by atoms with Gasteiger partial charge in [-0.05, 0) is 12.8 Å². The second-order valence-corrected chi connectivity index (χ2v) is 4.46. The number of hydrogen-bond donors (Lipinski definition) is 1. The van der Waals surface area contributed by atoms with Gasteiger partial charge >= 0.3 is 0 Å². The second-order valence-electron chi connectivity index (χ2n) is 4.46. The van der Waals surface area contributed by atoms with Crippen molar-refractivity contribution in [1.29, 1.82) is 0 Å². The quantitative estimate of drug-likeness (QED) is 0.427. The zero-order valence-corrected chi connectivity index (χ0v) is 10.1. The van der Waals surface area contributed by atoms with Gasteiger partial charge in [0.05, 0.1) is 17.0 Å². The summed E-state index contributed by atoms with van der Waals surface area (Å²) in [5.74, 6) is -0.0424. The van der Waals surface area contributed by atoms with Gasteiger partial charge < -0.3 is 5.32 Å². The van der Waals surface area contributed by atoms with Crippen molar-refractivity contribution in [2.75, 3.05) is 20.1 Å². The molecule has 0 saturated carbocycles. The molecule has 1 atom stereocenters. The smallest absolute Gasteiger partial charge is 0.255 e. The van der Waals surface area contributed by atoms with Crippen LogP contribution in [-0.2, 0) is 4.79 Å². The molecule has 2 aliphatic rings. The second kappa shape index (κ2) is 4.81. The molecule has 8 heteroatoms. The summed E-state index contributed by atoms with van der Waals surface area (Å²) in [6.45, 7) is 1.35. The SMILES string of the molecule is CN1N=C2CCNCC2(CC/C=N/[N+](=O)[O-])C1=O. The highest BCUT2D eigenvalue weighted by Crippen LogP contribution is 2.35. The number of amides is 1. The zero-order valence-electron chi connectivity index (χ0n) is 10.1. The van der Waals surface area contributed by atoms with Crippen LogP contribution < -0.4 is 5.32 Å². The molecule has 2 rings (SSSR count). The van der Waals surface area contributed by atoms with E-state index in [1.54, 1.807) is 7.05 Å². The molecule has 0 spiro atoms. The predicted octanol–water partition coefficient (Wildman–Crippen LogP) is -0.163. The number of hydrazone groups is 2. The summed E-state index contributed by atoms with van der Waals surface area (Å²) in [4.78, 5) is 22.3. The van der Waals surface area contributed by atoms with Gasteiger partial charge in [-0.25, -0.2) is 15.1 Å². The van der Waals surface area contributed by atoms with E-state index in [0.29, 0.717) is 19.4 Å². The zero-order chi connectivity index (χ0) is 13.2. The Labute approximate surface area is 104 Å². The Balaban J connectivity index is 2.09. The van der Waals surface area contributed by atoms with E-state index in [0.717, 1.165) is 18.7 Å². The molecule has 0 aromatic carbocycles. The normalized spacial score (nSPS) is 27.5. The Hall–Kier alpha value is -1.83. The topological polar surface area (TPSA) is 100 Å².